The summed E-state index contributed by atoms with van der Waals surface area (Å²) in [6.07, 6.45) is 1.52. The van der Waals surface area contributed by atoms with Gasteiger partial charge in [0.25, 0.3) is 0 Å². The van der Waals surface area contributed by atoms with Crippen LogP contribution in [0.3, 0.4) is 0 Å². The molecule has 0 aromatic heterocycles. The fourth-order valence-electron chi connectivity index (χ4n) is 2.95. The molecule has 1 aliphatic rings. The molecule has 5 heteroatoms. The Labute approximate surface area is 123 Å². The Morgan fingerprint density at radius 3 is 2.52 bits per heavy atom. The molecule has 0 spiro atoms. The highest BCUT2D eigenvalue weighted by Crippen LogP contribution is 2.26. The number of piperidine rings is 1. The van der Waals surface area contributed by atoms with Gasteiger partial charge >= 0.3 is 5.97 Å². The van der Waals surface area contributed by atoms with Gasteiger partial charge in [-0.05, 0) is 43.4 Å². The largest absolute Gasteiger partial charge is 0.481 e. The number of benzene rings is 1. The summed E-state index contributed by atoms with van der Waals surface area (Å²) in [6.45, 7) is 5.08. The molecule has 3 unspecified atom stereocenters. The van der Waals surface area contributed by atoms with Gasteiger partial charge in [-0.2, -0.15) is 0 Å². The lowest BCUT2D eigenvalue weighted by atomic mass is 9.91. The molecular weight excluding hydrogens is 276 g/mol. The van der Waals surface area contributed by atoms with Crippen LogP contribution in [0, 0.1) is 17.6 Å². The minimum Gasteiger partial charge on any atom is -0.481 e. The fourth-order valence-corrected chi connectivity index (χ4v) is 2.95. The summed E-state index contributed by atoms with van der Waals surface area (Å²) < 4.78 is 26.6. The number of carbonyl (C=O) groups is 1. The van der Waals surface area contributed by atoms with Crippen molar-refractivity contribution < 1.29 is 18.7 Å². The monoisotopic (exact) mass is 297 g/mol. The van der Waals surface area contributed by atoms with E-state index in [-0.39, 0.29) is 11.8 Å². The summed E-state index contributed by atoms with van der Waals surface area (Å²) in [5, 5.41) is 9.14. The van der Waals surface area contributed by atoms with E-state index in [0.717, 1.165) is 12.5 Å². The fraction of sp³-hybridized carbons (Fsp3) is 0.562. The SMILES string of the molecule is CC(CN1CC(C(=O)O)CCC1C)c1cc(F)cc(F)c1. The summed E-state index contributed by atoms with van der Waals surface area (Å²) >= 11 is 0. The Morgan fingerprint density at radius 2 is 1.95 bits per heavy atom. The van der Waals surface area contributed by atoms with Gasteiger partial charge in [-0.15, -0.1) is 0 Å². The van der Waals surface area contributed by atoms with Crippen molar-refractivity contribution >= 4 is 5.97 Å². The minimum absolute atomic E-state index is 0.0507. The van der Waals surface area contributed by atoms with Crippen molar-refractivity contribution in [2.45, 2.75) is 38.6 Å². The Kier molecular flexibility index (Phi) is 4.93. The molecule has 1 aromatic carbocycles. The van der Waals surface area contributed by atoms with Crippen molar-refractivity contribution in [3.05, 3.63) is 35.4 Å². The van der Waals surface area contributed by atoms with E-state index in [1.807, 2.05) is 6.92 Å². The van der Waals surface area contributed by atoms with Crippen LogP contribution in [0.25, 0.3) is 0 Å². The molecule has 1 aromatic rings. The van der Waals surface area contributed by atoms with E-state index < -0.39 is 17.6 Å². The lowest BCUT2D eigenvalue weighted by molar-refractivity contribution is -0.144. The molecule has 116 valence electrons. The molecule has 0 saturated carbocycles. The molecule has 3 atom stereocenters. The van der Waals surface area contributed by atoms with Gasteiger partial charge in [-0.3, -0.25) is 9.69 Å². The predicted molar refractivity (Wildman–Crippen MR) is 76.2 cm³/mol. The third-order valence-corrected chi connectivity index (χ3v) is 4.32. The van der Waals surface area contributed by atoms with E-state index in [1.54, 1.807) is 0 Å². The third kappa shape index (κ3) is 4.00. The van der Waals surface area contributed by atoms with Gasteiger partial charge in [0.2, 0.25) is 0 Å². The lowest BCUT2D eigenvalue weighted by Crippen LogP contribution is -2.45. The average molecular weight is 297 g/mol. The zero-order valence-corrected chi connectivity index (χ0v) is 12.4. The van der Waals surface area contributed by atoms with Gasteiger partial charge in [0, 0.05) is 25.2 Å². The quantitative estimate of drug-likeness (QED) is 0.927. The van der Waals surface area contributed by atoms with Gasteiger partial charge in [0.05, 0.1) is 5.92 Å². The van der Waals surface area contributed by atoms with Crippen molar-refractivity contribution in [2.24, 2.45) is 5.92 Å². The van der Waals surface area contributed by atoms with E-state index >= 15 is 0 Å². The molecule has 1 heterocycles. The van der Waals surface area contributed by atoms with E-state index in [4.69, 9.17) is 5.11 Å². The highest BCUT2D eigenvalue weighted by molar-refractivity contribution is 5.70. The van der Waals surface area contributed by atoms with Crippen molar-refractivity contribution in [1.82, 2.24) is 4.90 Å². The summed E-state index contributed by atoms with van der Waals surface area (Å²) in [5.74, 6) is -2.32. The number of aliphatic carboxylic acids is 1. The molecule has 1 aliphatic heterocycles. The summed E-state index contributed by atoms with van der Waals surface area (Å²) in [4.78, 5) is 13.2. The smallest absolute Gasteiger partial charge is 0.307 e. The van der Waals surface area contributed by atoms with E-state index in [2.05, 4.69) is 11.8 Å². The van der Waals surface area contributed by atoms with E-state index in [0.29, 0.717) is 31.1 Å². The lowest BCUT2D eigenvalue weighted by Gasteiger charge is -2.38. The Hall–Kier alpha value is -1.49. The van der Waals surface area contributed by atoms with Crippen molar-refractivity contribution in [1.29, 1.82) is 0 Å². The Balaban J connectivity index is 2.06. The first-order valence-corrected chi connectivity index (χ1v) is 7.29. The second kappa shape index (κ2) is 6.52. The average Bonchev–Trinajstić information content (AvgIpc) is 2.39. The van der Waals surface area contributed by atoms with Gasteiger partial charge in [-0.25, -0.2) is 8.78 Å². The zero-order valence-electron chi connectivity index (χ0n) is 12.4. The van der Waals surface area contributed by atoms with Crippen LogP contribution in [0.4, 0.5) is 8.78 Å². The number of carboxylic acid groups (broad SMARTS) is 1. The highest BCUT2D eigenvalue weighted by Gasteiger charge is 2.30. The number of hydrogen-bond donors (Lipinski definition) is 1. The van der Waals surface area contributed by atoms with Crippen molar-refractivity contribution in [2.75, 3.05) is 13.1 Å². The number of nitrogens with zero attached hydrogens (tertiary/aromatic N) is 1. The van der Waals surface area contributed by atoms with Crippen LogP contribution in [-0.4, -0.2) is 35.1 Å². The zero-order chi connectivity index (χ0) is 15.6. The van der Waals surface area contributed by atoms with Crippen LogP contribution in [-0.2, 0) is 4.79 Å². The molecule has 1 fully saturated rings. The molecule has 1 saturated heterocycles. The van der Waals surface area contributed by atoms with Crippen molar-refractivity contribution in [3.63, 3.8) is 0 Å². The number of hydrogen-bond acceptors (Lipinski definition) is 2. The summed E-state index contributed by atoms with van der Waals surface area (Å²) in [7, 11) is 0. The van der Waals surface area contributed by atoms with Gasteiger partial charge in [-0.1, -0.05) is 6.92 Å². The molecule has 0 amide bonds. The second-order valence-electron chi connectivity index (χ2n) is 6.02. The molecule has 2 rings (SSSR count). The standard InChI is InChI=1S/C16H21F2NO2/c1-10(13-5-14(17)7-15(18)6-13)8-19-9-12(16(20)21)4-3-11(19)2/h5-7,10-12H,3-4,8-9H2,1-2H3,(H,20,21). The molecular formula is C16H21F2NO2. The molecule has 0 radical (unpaired) electrons. The predicted octanol–water partition coefficient (Wildman–Crippen LogP) is 3.25. The first-order valence-electron chi connectivity index (χ1n) is 7.29. The van der Waals surface area contributed by atoms with Gasteiger partial charge in [0.1, 0.15) is 11.6 Å². The molecule has 0 aliphatic carbocycles. The van der Waals surface area contributed by atoms with Crippen LogP contribution in [0.1, 0.15) is 38.2 Å². The molecule has 0 bridgehead atoms. The first kappa shape index (κ1) is 15.9. The number of rotatable bonds is 4. The number of carboxylic acids is 1. The van der Waals surface area contributed by atoms with Crippen LogP contribution < -0.4 is 0 Å². The maximum Gasteiger partial charge on any atom is 0.307 e. The second-order valence-corrected chi connectivity index (χ2v) is 6.02. The highest BCUT2D eigenvalue weighted by atomic mass is 19.1. The minimum atomic E-state index is -0.767. The third-order valence-electron chi connectivity index (χ3n) is 4.32. The normalized spacial score (nSPS) is 24.8. The van der Waals surface area contributed by atoms with E-state index in [1.165, 1.54) is 12.1 Å². The summed E-state index contributed by atoms with van der Waals surface area (Å²) in [6, 6.07) is 3.84. The summed E-state index contributed by atoms with van der Waals surface area (Å²) in [5.41, 5.74) is 0.608. The number of likely N-dealkylation sites (tertiary alicyclic amines) is 1. The first-order chi connectivity index (χ1) is 9.86. The van der Waals surface area contributed by atoms with Crippen molar-refractivity contribution in [3.8, 4) is 0 Å². The topological polar surface area (TPSA) is 40.5 Å². The van der Waals surface area contributed by atoms with Crippen LogP contribution in [0.15, 0.2) is 18.2 Å². The Morgan fingerprint density at radius 1 is 1.33 bits per heavy atom. The maximum atomic E-state index is 13.3. The maximum absolute atomic E-state index is 13.3. The molecule has 3 nitrogen and oxygen atoms in total. The van der Waals surface area contributed by atoms with Gasteiger partial charge < -0.3 is 5.11 Å². The van der Waals surface area contributed by atoms with Crippen LogP contribution >= 0.6 is 0 Å². The van der Waals surface area contributed by atoms with Gasteiger partial charge in [0.15, 0.2) is 0 Å². The molecule has 1 N–H and O–H groups in total. The van der Waals surface area contributed by atoms with Crippen LogP contribution in [0.5, 0.6) is 0 Å². The van der Waals surface area contributed by atoms with Crippen LogP contribution in [0.2, 0.25) is 0 Å². The number of halogens is 2. The Bertz CT molecular complexity index is 501. The molecule has 21 heavy (non-hydrogen) atoms. The van der Waals surface area contributed by atoms with E-state index in [9.17, 15) is 13.6 Å².